The van der Waals surface area contributed by atoms with Gasteiger partial charge in [-0.15, -0.1) is 24.0 Å². The topological polar surface area (TPSA) is 59.6 Å². The quantitative estimate of drug-likeness (QED) is 0.304. The van der Waals surface area contributed by atoms with Gasteiger partial charge in [-0.25, -0.2) is 0 Å². The van der Waals surface area contributed by atoms with Crippen LogP contribution in [-0.4, -0.2) is 25.7 Å². The number of nitrogens with two attached hydrogens (primary N) is 1. The van der Waals surface area contributed by atoms with E-state index >= 15 is 0 Å². The molecule has 0 saturated carbocycles. The van der Waals surface area contributed by atoms with Gasteiger partial charge in [0.15, 0.2) is 5.96 Å². The lowest BCUT2D eigenvalue weighted by Crippen LogP contribution is -2.33. The van der Waals surface area contributed by atoms with E-state index in [1.807, 2.05) is 25.1 Å². The van der Waals surface area contributed by atoms with E-state index in [0.717, 1.165) is 5.57 Å². The van der Waals surface area contributed by atoms with Crippen LogP contribution in [0.3, 0.4) is 0 Å². The van der Waals surface area contributed by atoms with Crippen LogP contribution in [0.5, 0.6) is 0 Å². The molecule has 0 aliphatic carbocycles. The molecule has 118 valence electrons. The molecule has 3 N–H and O–H groups in total. The highest BCUT2D eigenvalue weighted by molar-refractivity contribution is 14.0. The second-order valence-electron chi connectivity index (χ2n) is 5.14. The maximum atomic E-state index is 5.75. The summed E-state index contributed by atoms with van der Waals surface area (Å²) in [5.41, 5.74) is 7.96. The molecule has 4 nitrogen and oxygen atoms in total. The van der Waals surface area contributed by atoms with Gasteiger partial charge < -0.3 is 15.8 Å². The van der Waals surface area contributed by atoms with Gasteiger partial charge in [-0.05, 0) is 18.4 Å². The number of rotatable bonds is 8. The van der Waals surface area contributed by atoms with E-state index in [2.05, 4.69) is 35.9 Å². The predicted octanol–water partition coefficient (Wildman–Crippen LogP) is 2.94. The Kier molecular flexibility index (Phi) is 11.0. The largest absolute Gasteiger partial charge is 0.376 e. The standard InChI is InChI=1S/C16H25N3O.HI/c1-13(2)9-18-16(17)19-10-14(3)11-20-12-15-7-5-4-6-8-15;/h4-8,14H,1,9-12H2,2-3H3,(H3,17,18,19);1H. The van der Waals surface area contributed by atoms with Crippen molar-refractivity contribution >= 4 is 29.9 Å². The average Bonchev–Trinajstić information content (AvgIpc) is 2.44. The molecule has 21 heavy (non-hydrogen) atoms. The minimum absolute atomic E-state index is 0. The monoisotopic (exact) mass is 403 g/mol. The van der Waals surface area contributed by atoms with Crippen LogP contribution < -0.4 is 11.1 Å². The predicted molar refractivity (Wildman–Crippen MR) is 100.0 cm³/mol. The smallest absolute Gasteiger partial charge is 0.188 e. The van der Waals surface area contributed by atoms with Crippen LogP contribution in [0.25, 0.3) is 0 Å². The molecule has 0 fully saturated rings. The first-order valence-electron chi connectivity index (χ1n) is 6.87. The molecule has 1 aromatic carbocycles. The number of ether oxygens (including phenoxy) is 1. The third-order valence-electron chi connectivity index (χ3n) is 2.66. The molecule has 0 spiro atoms. The van der Waals surface area contributed by atoms with Crippen molar-refractivity contribution in [2.24, 2.45) is 16.6 Å². The van der Waals surface area contributed by atoms with Crippen molar-refractivity contribution in [1.29, 1.82) is 0 Å². The van der Waals surface area contributed by atoms with Gasteiger partial charge in [0, 0.05) is 13.1 Å². The van der Waals surface area contributed by atoms with Crippen LogP contribution in [0.4, 0.5) is 0 Å². The normalized spacial score (nSPS) is 12.4. The molecule has 0 bridgehead atoms. The second kappa shape index (κ2) is 11.6. The molecule has 0 aromatic heterocycles. The van der Waals surface area contributed by atoms with E-state index in [0.29, 0.717) is 38.2 Å². The van der Waals surface area contributed by atoms with Crippen LogP contribution in [0.15, 0.2) is 47.5 Å². The Bertz CT molecular complexity index is 434. The van der Waals surface area contributed by atoms with E-state index in [1.54, 1.807) is 0 Å². The Balaban J connectivity index is 0.00000400. The van der Waals surface area contributed by atoms with Gasteiger partial charge >= 0.3 is 0 Å². The van der Waals surface area contributed by atoms with Crippen LogP contribution in [0, 0.1) is 5.92 Å². The van der Waals surface area contributed by atoms with E-state index in [1.165, 1.54) is 5.56 Å². The van der Waals surface area contributed by atoms with Crippen LogP contribution in [-0.2, 0) is 11.3 Å². The lowest BCUT2D eigenvalue weighted by molar-refractivity contribution is 0.0945. The number of aliphatic imine (C=N–C) groups is 1. The molecular weight excluding hydrogens is 377 g/mol. The van der Waals surface area contributed by atoms with Crippen molar-refractivity contribution in [1.82, 2.24) is 5.32 Å². The minimum Gasteiger partial charge on any atom is -0.376 e. The summed E-state index contributed by atoms with van der Waals surface area (Å²) in [6.07, 6.45) is 0. The van der Waals surface area contributed by atoms with E-state index < -0.39 is 0 Å². The molecule has 0 radical (unpaired) electrons. The third kappa shape index (κ3) is 10.3. The van der Waals surface area contributed by atoms with Gasteiger partial charge in [-0.1, -0.05) is 49.4 Å². The zero-order chi connectivity index (χ0) is 14.8. The highest BCUT2D eigenvalue weighted by Crippen LogP contribution is 2.03. The first kappa shape index (κ1) is 19.9. The van der Waals surface area contributed by atoms with Crippen LogP contribution in [0.1, 0.15) is 19.4 Å². The van der Waals surface area contributed by atoms with Crippen LogP contribution >= 0.6 is 24.0 Å². The summed E-state index contributed by atoms with van der Waals surface area (Å²) < 4.78 is 5.67. The van der Waals surface area contributed by atoms with Crippen LogP contribution in [0.2, 0.25) is 0 Å². The highest BCUT2D eigenvalue weighted by atomic mass is 127. The maximum Gasteiger partial charge on any atom is 0.188 e. The molecule has 0 amide bonds. The number of nitrogens with one attached hydrogen (secondary N) is 1. The lowest BCUT2D eigenvalue weighted by Gasteiger charge is -2.11. The molecule has 0 aliphatic rings. The van der Waals surface area contributed by atoms with Gasteiger partial charge in [-0.3, -0.25) is 4.99 Å². The molecule has 0 heterocycles. The minimum atomic E-state index is 0. The van der Waals surface area contributed by atoms with Gasteiger partial charge in [-0.2, -0.15) is 0 Å². The average molecular weight is 403 g/mol. The summed E-state index contributed by atoms with van der Waals surface area (Å²) in [5, 5.41) is 3.01. The lowest BCUT2D eigenvalue weighted by atomic mass is 10.2. The number of nitrogens with zero attached hydrogens (tertiary/aromatic N) is 1. The zero-order valence-corrected chi connectivity index (χ0v) is 15.2. The highest BCUT2D eigenvalue weighted by Gasteiger charge is 2.02. The SMILES string of the molecule is C=C(C)CNC(N)=NCC(C)COCc1ccccc1.I. The third-order valence-corrected chi connectivity index (χ3v) is 2.66. The van der Waals surface area contributed by atoms with Crippen molar-refractivity contribution in [3.8, 4) is 0 Å². The first-order chi connectivity index (χ1) is 9.58. The summed E-state index contributed by atoms with van der Waals surface area (Å²) in [5.74, 6) is 0.798. The molecular formula is C16H26IN3O. The Hall–Kier alpha value is -1.08. The van der Waals surface area contributed by atoms with E-state index in [4.69, 9.17) is 10.5 Å². The fraction of sp³-hybridized carbons (Fsp3) is 0.438. The molecule has 0 saturated heterocycles. The summed E-state index contributed by atoms with van der Waals surface area (Å²) in [6.45, 7) is 10.5. The van der Waals surface area contributed by atoms with Crippen molar-refractivity contribution < 1.29 is 4.74 Å². The fourth-order valence-corrected chi connectivity index (χ4v) is 1.56. The van der Waals surface area contributed by atoms with Crippen molar-refractivity contribution in [3.05, 3.63) is 48.0 Å². The van der Waals surface area contributed by atoms with Crippen molar-refractivity contribution in [2.75, 3.05) is 19.7 Å². The molecule has 1 rings (SSSR count). The Morgan fingerprint density at radius 1 is 1.38 bits per heavy atom. The zero-order valence-electron chi connectivity index (χ0n) is 12.8. The number of hydrogen-bond donors (Lipinski definition) is 2. The summed E-state index contributed by atoms with van der Waals surface area (Å²) in [6, 6.07) is 10.1. The van der Waals surface area contributed by atoms with Crippen molar-refractivity contribution in [3.63, 3.8) is 0 Å². The van der Waals surface area contributed by atoms with E-state index in [9.17, 15) is 0 Å². The number of benzene rings is 1. The summed E-state index contributed by atoms with van der Waals surface area (Å²) in [7, 11) is 0. The number of halogens is 1. The molecule has 0 aliphatic heterocycles. The van der Waals surface area contributed by atoms with Gasteiger partial charge in [0.25, 0.3) is 0 Å². The fourth-order valence-electron chi connectivity index (χ4n) is 1.56. The molecule has 1 aromatic rings. The molecule has 1 unspecified atom stereocenters. The summed E-state index contributed by atoms with van der Waals surface area (Å²) >= 11 is 0. The van der Waals surface area contributed by atoms with Crippen molar-refractivity contribution in [2.45, 2.75) is 20.5 Å². The Labute approximate surface area is 144 Å². The first-order valence-corrected chi connectivity index (χ1v) is 6.87. The van der Waals surface area contributed by atoms with Gasteiger partial charge in [0.05, 0.1) is 13.2 Å². The second-order valence-corrected chi connectivity index (χ2v) is 5.14. The molecule has 1 atom stereocenters. The van der Waals surface area contributed by atoms with E-state index in [-0.39, 0.29) is 24.0 Å². The summed E-state index contributed by atoms with van der Waals surface area (Å²) in [4.78, 5) is 4.28. The Morgan fingerprint density at radius 2 is 2.05 bits per heavy atom. The maximum absolute atomic E-state index is 5.75. The molecule has 5 heteroatoms. The Morgan fingerprint density at radius 3 is 2.67 bits per heavy atom. The van der Waals surface area contributed by atoms with Gasteiger partial charge in [0.2, 0.25) is 0 Å². The van der Waals surface area contributed by atoms with Gasteiger partial charge in [0.1, 0.15) is 0 Å². The number of guanidine groups is 1. The number of hydrogen-bond acceptors (Lipinski definition) is 2.